The van der Waals surface area contributed by atoms with Crippen LogP contribution in [0.2, 0.25) is 0 Å². The largest absolute Gasteiger partial charge is 0.478 e. The molecule has 92 valence electrons. The van der Waals surface area contributed by atoms with Crippen LogP contribution in [0.4, 0.5) is 4.39 Å². The van der Waals surface area contributed by atoms with Gasteiger partial charge in [0.25, 0.3) is 0 Å². The first-order valence-electron chi connectivity index (χ1n) is 5.30. The van der Waals surface area contributed by atoms with Crippen LogP contribution in [0.3, 0.4) is 0 Å². The van der Waals surface area contributed by atoms with E-state index < -0.39 is 11.8 Å². The first-order chi connectivity index (χ1) is 8.58. The maximum absolute atomic E-state index is 13.8. The number of carboxylic acids is 1. The number of aromatic nitrogens is 2. The molecular weight excluding hydrogens is 235 g/mol. The van der Waals surface area contributed by atoms with Crippen LogP contribution in [0.5, 0.6) is 0 Å². The molecule has 0 spiro atoms. The SMILES string of the molecule is Cc1ccn(-c2c(F)cccc2/C=C/C(=O)O)n1. The fourth-order valence-electron chi connectivity index (χ4n) is 1.61. The van der Waals surface area contributed by atoms with Crippen molar-refractivity contribution in [1.29, 1.82) is 0 Å². The molecule has 0 bridgehead atoms. The van der Waals surface area contributed by atoms with Crippen molar-refractivity contribution in [3.63, 3.8) is 0 Å². The number of hydrogen-bond acceptors (Lipinski definition) is 2. The fourth-order valence-corrected chi connectivity index (χ4v) is 1.61. The lowest BCUT2D eigenvalue weighted by Gasteiger charge is -2.07. The third kappa shape index (κ3) is 2.45. The van der Waals surface area contributed by atoms with Crippen LogP contribution in [0.1, 0.15) is 11.3 Å². The van der Waals surface area contributed by atoms with E-state index in [0.717, 1.165) is 11.8 Å². The summed E-state index contributed by atoms with van der Waals surface area (Å²) in [6, 6.07) is 6.22. The standard InChI is InChI=1S/C13H11FN2O2/c1-9-7-8-16(15-9)13-10(5-6-12(17)18)3-2-4-11(13)14/h2-8H,1H3,(H,17,18)/b6-5+. The number of hydrogen-bond donors (Lipinski definition) is 1. The van der Waals surface area contributed by atoms with E-state index >= 15 is 0 Å². The Labute approximate surface area is 103 Å². The third-order valence-electron chi connectivity index (χ3n) is 2.37. The Bertz CT molecular complexity index is 617. The van der Waals surface area contributed by atoms with Gasteiger partial charge in [0.05, 0.1) is 5.69 Å². The lowest BCUT2D eigenvalue weighted by atomic mass is 10.1. The van der Waals surface area contributed by atoms with Crippen molar-refractivity contribution in [3.05, 3.63) is 53.6 Å². The maximum Gasteiger partial charge on any atom is 0.328 e. The normalized spacial score (nSPS) is 11.0. The second kappa shape index (κ2) is 4.83. The molecular formula is C13H11FN2O2. The predicted octanol–water partition coefficient (Wildman–Crippen LogP) is 2.42. The van der Waals surface area contributed by atoms with Crippen molar-refractivity contribution >= 4 is 12.0 Å². The second-order valence-electron chi connectivity index (χ2n) is 3.75. The minimum absolute atomic E-state index is 0.239. The molecule has 4 nitrogen and oxygen atoms in total. The summed E-state index contributed by atoms with van der Waals surface area (Å²) >= 11 is 0. The first-order valence-corrected chi connectivity index (χ1v) is 5.30. The summed E-state index contributed by atoms with van der Waals surface area (Å²) in [5, 5.41) is 12.7. The number of halogens is 1. The van der Waals surface area contributed by atoms with Gasteiger partial charge in [0.2, 0.25) is 0 Å². The summed E-state index contributed by atoms with van der Waals surface area (Å²) < 4.78 is 15.2. The molecule has 0 aliphatic heterocycles. The van der Waals surface area contributed by atoms with Crippen molar-refractivity contribution < 1.29 is 14.3 Å². The topological polar surface area (TPSA) is 55.1 Å². The van der Waals surface area contributed by atoms with Crippen molar-refractivity contribution in [2.24, 2.45) is 0 Å². The van der Waals surface area contributed by atoms with Crippen LogP contribution in [-0.2, 0) is 4.79 Å². The number of rotatable bonds is 3. The van der Waals surface area contributed by atoms with Gasteiger partial charge in [-0.15, -0.1) is 0 Å². The van der Waals surface area contributed by atoms with Gasteiger partial charge in [-0.2, -0.15) is 5.10 Å². The number of benzene rings is 1. The Hall–Kier alpha value is -2.43. The van der Waals surface area contributed by atoms with Gasteiger partial charge in [0.15, 0.2) is 0 Å². The summed E-state index contributed by atoms with van der Waals surface area (Å²) in [6.45, 7) is 1.80. The highest BCUT2D eigenvalue weighted by Gasteiger charge is 2.09. The maximum atomic E-state index is 13.8. The third-order valence-corrected chi connectivity index (χ3v) is 2.37. The van der Waals surface area contributed by atoms with E-state index in [-0.39, 0.29) is 5.69 Å². The molecule has 0 amide bonds. The Balaban J connectivity index is 2.54. The van der Waals surface area contributed by atoms with Crippen LogP contribution in [0.15, 0.2) is 36.5 Å². The molecule has 2 rings (SSSR count). The number of carboxylic acid groups (broad SMARTS) is 1. The van der Waals surface area contributed by atoms with E-state index in [1.54, 1.807) is 25.3 Å². The van der Waals surface area contributed by atoms with Crippen LogP contribution in [0.25, 0.3) is 11.8 Å². The number of nitrogens with zero attached hydrogens (tertiary/aromatic N) is 2. The highest BCUT2D eigenvalue weighted by atomic mass is 19.1. The van der Waals surface area contributed by atoms with Crippen molar-refractivity contribution in [1.82, 2.24) is 9.78 Å². The zero-order chi connectivity index (χ0) is 13.1. The van der Waals surface area contributed by atoms with E-state index in [1.807, 2.05) is 0 Å². The lowest BCUT2D eigenvalue weighted by Crippen LogP contribution is -2.01. The molecule has 5 heteroatoms. The highest BCUT2D eigenvalue weighted by molar-refractivity contribution is 5.86. The van der Waals surface area contributed by atoms with Gasteiger partial charge in [0, 0.05) is 17.8 Å². The molecule has 1 aromatic carbocycles. The molecule has 0 unspecified atom stereocenters. The summed E-state index contributed by atoms with van der Waals surface area (Å²) in [7, 11) is 0. The predicted molar refractivity (Wildman–Crippen MR) is 64.9 cm³/mol. The number of para-hydroxylation sites is 1. The number of aliphatic carboxylic acids is 1. The van der Waals surface area contributed by atoms with Crippen molar-refractivity contribution in [3.8, 4) is 5.69 Å². The average molecular weight is 246 g/mol. The zero-order valence-electron chi connectivity index (χ0n) is 9.67. The summed E-state index contributed by atoms with van der Waals surface area (Å²) in [5.41, 5.74) is 1.45. The summed E-state index contributed by atoms with van der Waals surface area (Å²) in [4.78, 5) is 10.5. The van der Waals surface area contributed by atoms with Gasteiger partial charge >= 0.3 is 5.97 Å². The van der Waals surface area contributed by atoms with Gasteiger partial charge in [0.1, 0.15) is 11.5 Å². The Morgan fingerprint density at radius 3 is 2.83 bits per heavy atom. The van der Waals surface area contributed by atoms with Crippen LogP contribution < -0.4 is 0 Å². The number of aryl methyl sites for hydroxylation is 1. The molecule has 0 aliphatic carbocycles. The first kappa shape index (κ1) is 12.0. The number of carbonyl (C=O) groups is 1. The van der Waals surface area contributed by atoms with Gasteiger partial charge in [-0.3, -0.25) is 0 Å². The molecule has 0 radical (unpaired) electrons. The van der Waals surface area contributed by atoms with Crippen LogP contribution >= 0.6 is 0 Å². The molecule has 18 heavy (non-hydrogen) atoms. The summed E-state index contributed by atoms with van der Waals surface area (Å²) in [5.74, 6) is -1.53. The van der Waals surface area contributed by atoms with E-state index in [9.17, 15) is 9.18 Å². The molecule has 1 N–H and O–H groups in total. The smallest absolute Gasteiger partial charge is 0.328 e. The monoisotopic (exact) mass is 246 g/mol. The van der Waals surface area contributed by atoms with Crippen molar-refractivity contribution in [2.45, 2.75) is 6.92 Å². The molecule has 1 heterocycles. The average Bonchev–Trinajstić information content (AvgIpc) is 2.72. The second-order valence-corrected chi connectivity index (χ2v) is 3.75. The lowest BCUT2D eigenvalue weighted by molar-refractivity contribution is -0.131. The van der Waals surface area contributed by atoms with E-state index in [0.29, 0.717) is 5.56 Å². The molecule has 0 saturated heterocycles. The van der Waals surface area contributed by atoms with E-state index in [2.05, 4.69) is 5.10 Å². The summed E-state index contributed by atoms with van der Waals surface area (Å²) in [6.07, 6.45) is 3.94. The molecule has 1 aromatic heterocycles. The highest BCUT2D eigenvalue weighted by Crippen LogP contribution is 2.19. The molecule has 0 saturated carbocycles. The van der Waals surface area contributed by atoms with E-state index in [1.165, 1.54) is 22.9 Å². The minimum atomic E-state index is -1.08. The van der Waals surface area contributed by atoms with Crippen molar-refractivity contribution in [2.75, 3.05) is 0 Å². The Morgan fingerprint density at radius 2 is 2.22 bits per heavy atom. The van der Waals surface area contributed by atoms with Gasteiger partial charge in [-0.05, 0) is 25.1 Å². The minimum Gasteiger partial charge on any atom is -0.478 e. The molecule has 0 atom stereocenters. The fraction of sp³-hybridized carbons (Fsp3) is 0.0769. The Morgan fingerprint density at radius 1 is 1.44 bits per heavy atom. The van der Waals surface area contributed by atoms with Crippen LogP contribution in [0, 0.1) is 12.7 Å². The van der Waals surface area contributed by atoms with Gasteiger partial charge in [-0.25, -0.2) is 13.9 Å². The molecule has 0 fully saturated rings. The Kier molecular flexibility index (Phi) is 3.23. The van der Waals surface area contributed by atoms with E-state index in [4.69, 9.17) is 5.11 Å². The van der Waals surface area contributed by atoms with Gasteiger partial charge in [-0.1, -0.05) is 12.1 Å². The zero-order valence-corrected chi connectivity index (χ0v) is 9.67. The van der Waals surface area contributed by atoms with Gasteiger partial charge < -0.3 is 5.11 Å². The molecule has 0 aliphatic rings. The quantitative estimate of drug-likeness (QED) is 0.846. The molecule has 2 aromatic rings. The van der Waals surface area contributed by atoms with Crippen LogP contribution in [-0.4, -0.2) is 20.9 Å².